The van der Waals surface area contributed by atoms with E-state index in [4.69, 9.17) is 0 Å². The fourth-order valence-electron chi connectivity index (χ4n) is 4.64. The average Bonchev–Trinajstić information content (AvgIpc) is 2.03. The summed E-state index contributed by atoms with van der Waals surface area (Å²) in [4.78, 5) is 0. The summed E-state index contributed by atoms with van der Waals surface area (Å²) in [5, 5.41) is 0. The molecule has 0 aliphatic heterocycles. The van der Waals surface area contributed by atoms with Gasteiger partial charge in [0.2, 0.25) is 0 Å². The summed E-state index contributed by atoms with van der Waals surface area (Å²) >= 11 is 0. The molecule has 3 rings (SSSR count). The van der Waals surface area contributed by atoms with Gasteiger partial charge in [0.05, 0.1) is 0 Å². The lowest BCUT2D eigenvalue weighted by atomic mass is 9.38. The molecule has 68 valence electrons. The first-order valence-electron chi connectivity index (χ1n) is 5.82. The summed E-state index contributed by atoms with van der Waals surface area (Å²) in [5.74, 6) is 3.44. The van der Waals surface area contributed by atoms with Crippen LogP contribution in [0.25, 0.3) is 0 Å². The Morgan fingerprint density at radius 3 is 2.42 bits per heavy atom. The molecule has 0 nitrogen and oxygen atoms in total. The molecule has 0 radical (unpaired) electrons. The van der Waals surface area contributed by atoms with Crippen molar-refractivity contribution in [1.29, 1.82) is 0 Å². The zero-order chi connectivity index (χ0) is 8.18. The van der Waals surface area contributed by atoms with Crippen LogP contribution in [-0.2, 0) is 0 Å². The molecule has 0 heteroatoms. The van der Waals surface area contributed by atoms with Gasteiger partial charge < -0.3 is 0 Å². The fraction of sp³-hybridized carbons (Fsp3) is 1.00. The van der Waals surface area contributed by atoms with Gasteiger partial charge in [-0.15, -0.1) is 0 Å². The van der Waals surface area contributed by atoms with Gasteiger partial charge in [0, 0.05) is 0 Å². The molecule has 3 unspecified atom stereocenters. The summed E-state index contributed by atoms with van der Waals surface area (Å²) in [6.45, 7) is 2.48. The zero-order valence-electron chi connectivity index (χ0n) is 8.18. The summed E-state index contributed by atoms with van der Waals surface area (Å²) < 4.78 is 0. The molecular formula is C12H20. The average molecular weight is 164 g/mol. The number of fused-ring (bicyclic) bond motifs is 2. The molecule has 0 amide bonds. The van der Waals surface area contributed by atoms with Crippen molar-refractivity contribution in [2.24, 2.45) is 23.2 Å². The van der Waals surface area contributed by atoms with Crippen LogP contribution in [0.15, 0.2) is 0 Å². The quantitative estimate of drug-likeness (QED) is 0.513. The van der Waals surface area contributed by atoms with Gasteiger partial charge in [0.25, 0.3) is 0 Å². The molecular weight excluding hydrogens is 144 g/mol. The highest BCUT2D eigenvalue weighted by molar-refractivity contribution is 5.09. The van der Waals surface area contributed by atoms with E-state index >= 15 is 0 Å². The van der Waals surface area contributed by atoms with E-state index in [1.807, 2.05) is 0 Å². The van der Waals surface area contributed by atoms with E-state index in [1.54, 1.807) is 25.7 Å². The SMILES string of the molecule is CC1CC2CC3(CCCCC3)C12. The van der Waals surface area contributed by atoms with Gasteiger partial charge in [-0.25, -0.2) is 0 Å². The highest BCUT2D eigenvalue weighted by Gasteiger charge is 2.60. The molecule has 0 bridgehead atoms. The van der Waals surface area contributed by atoms with Gasteiger partial charge in [0.15, 0.2) is 0 Å². The van der Waals surface area contributed by atoms with Gasteiger partial charge in [0.1, 0.15) is 0 Å². The topological polar surface area (TPSA) is 0 Å². The molecule has 0 saturated heterocycles. The van der Waals surface area contributed by atoms with E-state index < -0.39 is 0 Å². The molecule has 3 saturated carbocycles. The third-order valence-electron chi connectivity index (χ3n) is 5.02. The van der Waals surface area contributed by atoms with Gasteiger partial charge >= 0.3 is 0 Å². The number of hydrogen-bond donors (Lipinski definition) is 0. The molecule has 3 aliphatic carbocycles. The van der Waals surface area contributed by atoms with Crippen LogP contribution < -0.4 is 0 Å². The molecule has 0 aromatic carbocycles. The molecule has 0 heterocycles. The van der Waals surface area contributed by atoms with Crippen molar-refractivity contribution in [3.8, 4) is 0 Å². The molecule has 3 atom stereocenters. The Morgan fingerprint density at radius 1 is 1.08 bits per heavy atom. The lowest BCUT2D eigenvalue weighted by molar-refractivity contribution is -0.175. The molecule has 3 aliphatic rings. The van der Waals surface area contributed by atoms with E-state index in [2.05, 4.69) is 6.92 Å². The minimum Gasteiger partial charge on any atom is -0.0622 e. The van der Waals surface area contributed by atoms with Crippen LogP contribution in [0.1, 0.15) is 51.9 Å². The largest absolute Gasteiger partial charge is 0.0622 e. The van der Waals surface area contributed by atoms with Crippen molar-refractivity contribution >= 4 is 0 Å². The monoisotopic (exact) mass is 164 g/mol. The first kappa shape index (κ1) is 7.41. The van der Waals surface area contributed by atoms with Crippen molar-refractivity contribution in [3.05, 3.63) is 0 Å². The maximum Gasteiger partial charge on any atom is -0.0261 e. The number of rotatable bonds is 0. The number of hydrogen-bond acceptors (Lipinski definition) is 0. The predicted octanol–water partition coefficient (Wildman–Crippen LogP) is 3.61. The minimum absolute atomic E-state index is 0.889. The van der Waals surface area contributed by atoms with Crippen LogP contribution in [0.2, 0.25) is 0 Å². The Balaban J connectivity index is 1.75. The second kappa shape index (κ2) is 2.27. The first-order chi connectivity index (χ1) is 5.82. The summed E-state index contributed by atoms with van der Waals surface area (Å²) in [6, 6.07) is 0. The Bertz CT molecular complexity index is 179. The van der Waals surface area contributed by atoms with Crippen molar-refractivity contribution in [2.45, 2.75) is 51.9 Å². The second-order valence-corrected chi connectivity index (χ2v) is 5.63. The van der Waals surface area contributed by atoms with E-state index in [0.29, 0.717) is 0 Å². The molecule has 12 heavy (non-hydrogen) atoms. The van der Waals surface area contributed by atoms with Crippen LogP contribution in [-0.4, -0.2) is 0 Å². The van der Waals surface area contributed by atoms with E-state index in [9.17, 15) is 0 Å². The normalized spacial score (nSPS) is 49.2. The molecule has 3 fully saturated rings. The van der Waals surface area contributed by atoms with Crippen molar-refractivity contribution in [2.75, 3.05) is 0 Å². The van der Waals surface area contributed by atoms with Gasteiger partial charge in [-0.05, 0) is 48.9 Å². The Labute approximate surface area is 75.7 Å². The lowest BCUT2D eigenvalue weighted by Gasteiger charge is -2.67. The van der Waals surface area contributed by atoms with Crippen molar-refractivity contribution in [1.82, 2.24) is 0 Å². The summed E-state index contributed by atoms with van der Waals surface area (Å²) in [6.07, 6.45) is 10.9. The zero-order valence-corrected chi connectivity index (χ0v) is 8.18. The van der Waals surface area contributed by atoms with Crippen LogP contribution >= 0.6 is 0 Å². The maximum absolute atomic E-state index is 2.48. The molecule has 1 spiro atoms. The van der Waals surface area contributed by atoms with E-state index in [1.165, 1.54) is 31.1 Å². The summed E-state index contributed by atoms with van der Waals surface area (Å²) in [5.41, 5.74) is 0.889. The van der Waals surface area contributed by atoms with E-state index in [-0.39, 0.29) is 0 Å². The van der Waals surface area contributed by atoms with Crippen LogP contribution in [0.5, 0.6) is 0 Å². The molecule has 0 aromatic rings. The second-order valence-electron chi connectivity index (χ2n) is 5.63. The Kier molecular flexibility index (Phi) is 1.40. The Morgan fingerprint density at radius 2 is 1.83 bits per heavy atom. The molecule has 0 N–H and O–H groups in total. The van der Waals surface area contributed by atoms with Crippen LogP contribution in [0.3, 0.4) is 0 Å². The molecule has 0 aromatic heterocycles. The summed E-state index contributed by atoms with van der Waals surface area (Å²) in [7, 11) is 0. The van der Waals surface area contributed by atoms with E-state index in [0.717, 1.165) is 11.3 Å². The predicted molar refractivity (Wildman–Crippen MR) is 50.9 cm³/mol. The lowest BCUT2D eigenvalue weighted by Crippen LogP contribution is -2.59. The third kappa shape index (κ3) is 0.744. The van der Waals surface area contributed by atoms with Crippen molar-refractivity contribution in [3.63, 3.8) is 0 Å². The van der Waals surface area contributed by atoms with Gasteiger partial charge in [-0.2, -0.15) is 0 Å². The smallest absolute Gasteiger partial charge is 0.0261 e. The maximum atomic E-state index is 2.48. The fourth-order valence-corrected chi connectivity index (χ4v) is 4.64. The Hall–Kier alpha value is 0. The third-order valence-corrected chi connectivity index (χ3v) is 5.02. The van der Waals surface area contributed by atoms with Crippen molar-refractivity contribution < 1.29 is 0 Å². The van der Waals surface area contributed by atoms with Crippen LogP contribution in [0, 0.1) is 23.2 Å². The van der Waals surface area contributed by atoms with Gasteiger partial charge in [-0.1, -0.05) is 26.2 Å². The first-order valence-corrected chi connectivity index (χ1v) is 5.82. The highest BCUT2D eigenvalue weighted by atomic mass is 14.6. The minimum atomic E-state index is 0.889. The van der Waals surface area contributed by atoms with Gasteiger partial charge in [-0.3, -0.25) is 0 Å². The van der Waals surface area contributed by atoms with Crippen LogP contribution in [0.4, 0.5) is 0 Å². The highest BCUT2D eigenvalue weighted by Crippen LogP contribution is 2.69. The standard InChI is InChI=1S/C12H20/c1-9-7-10-8-12(11(9)10)5-3-2-4-6-12/h9-11H,2-8H2,1H3.